The van der Waals surface area contributed by atoms with Gasteiger partial charge in [-0.2, -0.15) is 0 Å². The molecule has 1 rings (SSSR count). The van der Waals surface area contributed by atoms with Gasteiger partial charge in [-0.15, -0.1) is 0 Å². The van der Waals surface area contributed by atoms with E-state index in [0.29, 0.717) is 12.3 Å². The van der Waals surface area contributed by atoms with E-state index in [-0.39, 0.29) is 30.0 Å². The van der Waals surface area contributed by atoms with Gasteiger partial charge in [-0.05, 0) is 25.1 Å². The first kappa shape index (κ1) is 14.9. The Bertz CT molecular complexity index is 415. The summed E-state index contributed by atoms with van der Waals surface area (Å²) in [6.07, 6.45) is -0.193. The lowest BCUT2D eigenvalue weighted by Crippen LogP contribution is -2.29. The zero-order valence-electron chi connectivity index (χ0n) is 10.1. The smallest absolute Gasteiger partial charge is 0.227 e. The van der Waals surface area contributed by atoms with Crippen molar-refractivity contribution < 1.29 is 13.9 Å². The van der Waals surface area contributed by atoms with Crippen LogP contribution in [0.1, 0.15) is 13.3 Å². The van der Waals surface area contributed by atoms with Crippen LogP contribution in [-0.4, -0.2) is 25.2 Å². The SMILES string of the molecule is CCOC(CN)CC(=O)Nc1ccc(Cl)c(F)c1. The normalized spacial score (nSPS) is 12.2. The Morgan fingerprint density at radius 3 is 2.89 bits per heavy atom. The monoisotopic (exact) mass is 274 g/mol. The molecule has 0 aliphatic heterocycles. The Kier molecular flexibility index (Phi) is 6.04. The fraction of sp³-hybridized carbons (Fsp3) is 0.417. The number of rotatable bonds is 6. The number of hydrogen-bond acceptors (Lipinski definition) is 3. The summed E-state index contributed by atoms with van der Waals surface area (Å²) in [7, 11) is 0. The van der Waals surface area contributed by atoms with E-state index in [4.69, 9.17) is 22.1 Å². The van der Waals surface area contributed by atoms with Gasteiger partial charge in [-0.3, -0.25) is 4.79 Å². The van der Waals surface area contributed by atoms with Gasteiger partial charge < -0.3 is 15.8 Å². The third kappa shape index (κ3) is 4.60. The molecule has 0 aliphatic rings. The van der Waals surface area contributed by atoms with Crippen LogP contribution < -0.4 is 11.1 Å². The van der Waals surface area contributed by atoms with Gasteiger partial charge in [0.2, 0.25) is 5.91 Å². The highest BCUT2D eigenvalue weighted by Gasteiger charge is 2.13. The molecule has 1 unspecified atom stereocenters. The molecule has 3 N–H and O–H groups in total. The third-order valence-electron chi connectivity index (χ3n) is 2.28. The van der Waals surface area contributed by atoms with Gasteiger partial charge in [-0.25, -0.2) is 4.39 Å². The van der Waals surface area contributed by atoms with Crippen molar-refractivity contribution in [2.45, 2.75) is 19.4 Å². The van der Waals surface area contributed by atoms with Crippen molar-refractivity contribution in [1.29, 1.82) is 0 Å². The van der Waals surface area contributed by atoms with E-state index < -0.39 is 5.82 Å². The summed E-state index contributed by atoms with van der Waals surface area (Å²) in [5.74, 6) is -0.852. The molecule has 1 aromatic rings. The topological polar surface area (TPSA) is 64.3 Å². The van der Waals surface area contributed by atoms with Crippen molar-refractivity contribution in [3.63, 3.8) is 0 Å². The van der Waals surface area contributed by atoms with E-state index in [1.165, 1.54) is 18.2 Å². The van der Waals surface area contributed by atoms with E-state index in [1.807, 2.05) is 6.92 Å². The maximum absolute atomic E-state index is 13.2. The molecule has 0 saturated heterocycles. The lowest BCUT2D eigenvalue weighted by molar-refractivity contribution is -0.118. The summed E-state index contributed by atoms with van der Waals surface area (Å²) in [6, 6.07) is 4.08. The number of carbonyl (C=O) groups is 1. The molecular formula is C12H16ClFN2O2. The van der Waals surface area contributed by atoms with Gasteiger partial charge in [-0.1, -0.05) is 11.6 Å². The van der Waals surface area contributed by atoms with Crippen LogP contribution >= 0.6 is 11.6 Å². The minimum absolute atomic E-state index is 0.0159. The van der Waals surface area contributed by atoms with Crippen molar-refractivity contribution in [2.24, 2.45) is 5.73 Å². The van der Waals surface area contributed by atoms with Gasteiger partial charge >= 0.3 is 0 Å². The third-order valence-corrected chi connectivity index (χ3v) is 2.59. The molecule has 0 radical (unpaired) electrons. The number of anilines is 1. The predicted molar refractivity (Wildman–Crippen MR) is 69.1 cm³/mol. The molecule has 0 spiro atoms. The molecule has 0 aliphatic carbocycles. The molecule has 4 nitrogen and oxygen atoms in total. The van der Waals surface area contributed by atoms with Crippen LogP contribution in [0, 0.1) is 5.82 Å². The first-order chi connectivity index (χ1) is 8.56. The molecule has 1 amide bonds. The first-order valence-electron chi connectivity index (χ1n) is 5.63. The molecule has 0 fully saturated rings. The summed E-state index contributed by atoms with van der Waals surface area (Å²) >= 11 is 5.54. The average molecular weight is 275 g/mol. The summed E-state index contributed by atoms with van der Waals surface area (Å²) in [4.78, 5) is 11.7. The molecule has 6 heteroatoms. The number of halogens is 2. The summed E-state index contributed by atoms with van der Waals surface area (Å²) in [5.41, 5.74) is 5.82. The van der Waals surface area contributed by atoms with E-state index in [9.17, 15) is 9.18 Å². The van der Waals surface area contributed by atoms with Gasteiger partial charge in [0.25, 0.3) is 0 Å². The second-order valence-corrected chi connectivity index (χ2v) is 4.10. The zero-order chi connectivity index (χ0) is 13.5. The van der Waals surface area contributed by atoms with Crippen molar-refractivity contribution in [2.75, 3.05) is 18.5 Å². The molecule has 100 valence electrons. The Hall–Kier alpha value is -1.17. The Morgan fingerprint density at radius 2 is 2.33 bits per heavy atom. The maximum atomic E-state index is 13.2. The van der Waals surface area contributed by atoms with Gasteiger partial charge in [0, 0.05) is 18.8 Å². The van der Waals surface area contributed by atoms with Crippen LogP contribution in [0.25, 0.3) is 0 Å². The van der Waals surface area contributed by atoms with E-state index in [2.05, 4.69) is 5.32 Å². The average Bonchev–Trinajstić information content (AvgIpc) is 2.33. The van der Waals surface area contributed by atoms with Crippen molar-refractivity contribution in [3.8, 4) is 0 Å². The zero-order valence-corrected chi connectivity index (χ0v) is 10.8. The number of nitrogens with two attached hydrogens (primary N) is 1. The number of amides is 1. The number of carbonyl (C=O) groups excluding carboxylic acids is 1. The standard InChI is InChI=1S/C12H16ClFN2O2/c1-2-18-9(7-15)6-12(17)16-8-3-4-10(13)11(14)5-8/h3-5,9H,2,6-7,15H2,1H3,(H,16,17). The molecule has 18 heavy (non-hydrogen) atoms. The van der Waals surface area contributed by atoms with Crippen molar-refractivity contribution >= 4 is 23.2 Å². The maximum Gasteiger partial charge on any atom is 0.227 e. The Balaban J connectivity index is 2.55. The molecule has 0 aromatic heterocycles. The summed E-state index contributed by atoms with van der Waals surface area (Å²) in [5, 5.41) is 2.58. The second kappa shape index (κ2) is 7.31. The minimum Gasteiger partial charge on any atom is -0.377 e. The van der Waals surface area contributed by atoms with Crippen LogP contribution in [0.15, 0.2) is 18.2 Å². The van der Waals surface area contributed by atoms with Crippen molar-refractivity contribution in [3.05, 3.63) is 29.0 Å². The molecular weight excluding hydrogens is 259 g/mol. The fourth-order valence-corrected chi connectivity index (χ4v) is 1.56. The minimum atomic E-state index is -0.574. The first-order valence-corrected chi connectivity index (χ1v) is 6.01. The van der Waals surface area contributed by atoms with Crippen LogP contribution in [-0.2, 0) is 9.53 Å². The van der Waals surface area contributed by atoms with Crippen LogP contribution in [0.4, 0.5) is 10.1 Å². The Labute approximate surface area is 110 Å². The van der Waals surface area contributed by atoms with Crippen LogP contribution in [0.3, 0.4) is 0 Å². The van der Waals surface area contributed by atoms with E-state index in [1.54, 1.807) is 0 Å². The molecule has 1 atom stereocenters. The summed E-state index contributed by atoms with van der Waals surface area (Å²) < 4.78 is 18.4. The molecule has 0 saturated carbocycles. The highest BCUT2D eigenvalue weighted by Crippen LogP contribution is 2.18. The number of benzene rings is 1. The van der Waals surface area contributed by atoms with Gasteiger partial charge in [0.05, 0.1) is 17.5 Å². The second-order valence-electron chi connectivity index (χ2n) is 3.69. The predicted octanol–water partition coefficient (Wildman–Crippen LogP) is 2.17. The number of ether oxygens (including phenoxy) is 1. The van der Waals surface area contributed by atoms with Crippen LogP contribution in [0.5, 0.6) is 0 Å². The van der Waals surface area contributed by atoms with E-state index in [0.717, 1.165) is 0 Å². The van der Waals surface area contributed by atoms with E-state index >= 15 is 0 Å². The molecule has 0 bridgehead atoms. The largest absolute Gasteiger partial charge is 0.377 e. The fourth-order valence-electron chi connectivity index (χ4n) is 1.44. The van der Waals surface area contributed by atoms with Crippen LogP contribution in [0.2, 0.25) is 5.02 Å². The quantitative estimate of drug-likeness (QED) is 0.836. The van der Waals surface area contributed by atoms with Crippen molar-refractivity contribution in [1.82, 2.24) is 0 Å². The van der Waals surface area contributed by atoms with Gasteiger partial charge in [0.1, 0.15) is 5.82 Å². The molecule has 0 heterocycles. The van der Waals surface area contributed by atoms with Gasteiger partial charge in [0.15, 0.2) is 0 Å². The lowest BCUT2D eigenvalue weighted by Gasteiger charge is -2.14. The Morgan fingerprint density at radius 1 is 1.61 bits per heavy atom. The summed E-state index contributed by atoms with van der Waals surface area (Å²) in [6.45, 7) is 2.58. The highest BCUT2D eigenvalue weighted by molar-refractivity contribution is 6.30. The lowest BCUT2D eigenvalue weighted by atomic mass is 10.2. The number of nitrogens with one attached hydrogen (secondary N) is 1. The molecule has 1 aromatic carbocycles. The number of hydrogen-bond donors (Lipinski definition) is 2. The highest BCUT2D eigenvalue weighted by atomic mass is 35.5.